The van der Waals surface area contributed by atoms with Crippen LogP contribution in [0.25, 0.3) is 11.2 Å². The van der Waals surface area contributed by atoms with E-state index < -0.39 is 52.4 Å². The Morgan fingerprint density at radius 1 is 1.43 bits per heavy atom. The highest BCUT2D eigenvalue weighted by molar-refractivity contribution is 7.58. The summed E-state index contributed by atoms with van der Waals surface area (Å²) in [5, 5.41) is 10.4. The number of phosphoric ester groups is 1. The van der Waals surface area contributed by atoms with Gasteiger partial charge in [0.05, 0.1) is 14.4 Å². The number of aromatic amines is 2. The van der Waals surface area contributed by atoms with E-state index in [1.807, 2.05) is 0 Å². The fourth-order valence-electron chi connectivity index (χ4n) is 3.16. The van der Waals surface area contributed by atoms with E-state index in [-0.39, 0.29) is 17.1 Å². The van der Waals surface area contributed by atoms with E-state index in [9.17, 15) is 33.7 Å². The van der Waals surface area contributed by atoms with Crippen LogP contribution in [0.3, 0.4) is 0 Å². The lowest BCUT2D eigenvalue weighted by Gasteiger charge is -2.35. The van der Waals surface area contributed by atoms with Gasteiger partial charge in [-0.15, -0.1) is 4.57 Å². The Morgan fingerprint density at radius 3 is 2.70 bits per heavy atom. The molecule has 2 unspecified atom stereocenters. The number of ether oxygens (including phenoxy) is 2. The molecule has 5 atom stereocenters. The molecule has 5 N–H and O–H groups in total. The van der Waals surface area contributed by atoms with Gasteiger partial charge in [-0.3, -0.25) is 18.7 Å². The molecule has 1 saturated heterocycles. The summed E-state index contributed by atoms with van der Waals surface area (Å²) >= 11 is 0. The number of nitrogen functional groups attached to an aromatic ring is 1. The van der Waals surface area contributed by atoms with Crippen molar-refractivity contribution in [1.29, 1.82) is 0 Å². The topological polar surface area (TPSA) is 242 Å². The quantitative estimate of drug-likeness (QED) is 0.255. The molecule has 0 saturated carbocycles. The minimum atomic E-state index is -5.86. The Kier molecular flexibility index (Phi) is 6.19. The molecule has 0 aliphatic carbocycles. The third-order valence-electron chi connectivity index (χ3n) is 4.31. The van der Waals surface area contributed by atoms with Crippen molar-refractivity contribution in [2.24, 2.45) is 7.05 Å². The fourth-order valence-corrected chi connectivity index (χ4v) is 4.66. The van der Waals surface area contributed by atoms with Crippen molar-refractivity contribution >= 4 is 32.8 Å². The molecule has 30 heavy (non-hydrogen) atoms. The number of imidazole rings is 1. The Morgan fingerprint density at radius 2 is 2.10 bits per heavy atom. The molecule has 1 fully saturated rings. The molecule has 168 valence electrons. The summed E-state index contributed by atoms with van der Waals surface area (Å²) in [5.41, 5.74) is 5.55. The minimum Gasteiger partial charge on any atom is -0.790 e. The SMILES string of the molecule is COC1[C@@H](O)[C@@H](COP(=O)([O-])OP(=O)([O-])[O-])O[C@H]1[n+]1cn(C)c2c(=O)[nH]c(N)[nH+]c21. The number of anilines is 1. The summed E-state index contributed by atoms with van der Waals surface area (Å²) in [6.45, 7) is -0.879. The van der Waals surface area contributed by atoms with E-state index in [1.54, 1.807) is 7.05 Å². The lowest BCUT2D eigenvalue weighted by Crippen LogP contribution is -2.48. The average molecular weight is 470 g/mol. The Hall–Kier alpha value is -1.71. The summed E-state index contributed by atoms with van der Waals surface area (Å²) in [4.78, 5) is 49.7. The van der Waals surface area contributed by atoms with Crippen molar-refractivity contribution in [1.82, 2.24) is 9.55 Å². The number of aryl methyl sites for hydroxylation is 1. The van der Waals surface area contributed by atoms with Gasteiger partial charge in [0.2, 0.25) is 0 Å². The average Bonchev–Trinajstić information content (AvgIpc) is 3.07. The number of methoxy groups -OCH3 is 1. The van der Waals surface area contributed by atoms with Crippen LogP contribution in [0.4, 0.5) is 5.95 Å². The molecule has 3 heterocycles. The molecule has 18 heteroatoms. The number of fused-ring (bicyclic) bond motifs is 1. The van der Waals surface area contributed by atoms with Crippen molar-refractivity contribution in [3.8, 4) is 0 Å². The lowest BCUT2D eigenvalue weighted by atomic mass is 10.1. The molecule has 1 aliphatic rings. The largest absolute Gasteiger partial charge is 0.790 e. The number of nitrogens with one attached hydrogen (secondary N) is 2. The summed E-state index contributed by atoms with van der Waals surface area (Å²) in [7, 11) is -8.54. The number of H-pyrrole nitrogens is 2. The maximum atomic E-state index is 12.2. The number of nitrogens with zero attached hydrogens (tertiary/aromatic N) is 2. The predicted octanol–water partition coefficient (Wildman–Crippen LogP) is -4.85. The zero-order chi connectivity index (χ0) is 22.4. The molecule has 2 aromatic heterocycles. The molecule has 0 aromatic carbocycles. The van der Waals surface area contributed by atoms with Crippen LogP contribution in [-0.4, -0.2) is 46.7 Å². The summed E-state index contributed by atoms with van der Waals surface area (Å²) in [5.74, 6) is -0.0519. The van der Waals surface area contributed by atoms with Crippen LogP contribution in [0.2, 0.25) is 0 Å². The van der Waals surface area contributed by atoms with E-state index in [1.165, 1.54) is 22.6 Å². The number of phosphoric acid groups is 2. The highest BCUT2D eigenvalue weighted by Crippen LogP contribution is 2.50. The zero-order valence-corrected chi connectivity index (χ0v) is 17.3. The summed E-state index contributed by atoms with van der Waals surface area (Å²) < 4.78 is 43.3. The monoisotopic (exact) mass is 470 g/mol. The first-order valence-electron chi connectivity index (χ1n) is 8.19. The zero-order valence-electron chi connectivity index (χ0n) is 15.5. The van der Waals surface area contributed by atoms with Crippen LogP contribution < -0.4 is 35.5 Å². The standard InChI is InChI=1S/C12H19N5O11P2/c1-16-4-17(9-6(16)10(19)15-12(13)14-9)11-8(25-2)7(18)5(27-11)3-26-30(23,24)28-29(20,21)22/h4-5,7-8,11,18H,3H2,1-2H3,(H5-,13,14,15,19,20,21,22,23,24)/p-1/t5-,7+,8?,11-/m1/s1. The maximum absolute atomic E-state index is 12.2. The molecule has 0 radical (unpaired) electrons. The second-order valence-electron chi connectivity index (χ2n) is 6.35. The van der Waals surface area contributed by atoms with E-state index in [2.05, 4.69) is 18.8 Å². The Balaban J connectivity index is 1.88. The first-order valence-corrected chi connectivity index (χ1v) is 11.1. The number of hydrogen-bond acceptors (Lipinski definition) is 12. The van der Waals surface area contributed by atoms with Crippen LogP contribution in [0.5, 0.6) is 0 Å². The second kappa shape index (κ2) is 8.09. The summed E-state index contributed by atoms with van der Waals surface area (Å²) in [6.07, 6.45) is -3.44. The van der Waals surface area contributed by atoms with Crippen molar-refractivity contribution in [3.63, 3.8) is 0 Å². The van der Waals surface area contributed by atoms with Gasteiger partial charge in [-0.2, -0.15) is 9.55 Å². The van der Waals surface area contributed by atoms with Crippen LogP contribution in [-0.2, 0) is 34.5 Å². The highest BCUT2D eigenvalue weighted by atomic mass is 31.3. The second-order valence-corrected chi connectivity index (χ2v) is 9.05. The molecular formula is C12H18N5O11P2-. The first kappa shape index (κ1) is 23.0. The molecule has 0 amide bonds. The van der Waals surface area contributed by atoms with Crippen LogP contribution in [0.1, 0.15) is 6.23 Å². The van der Waals surface area contributed by atoms with Gasteiger partial charge in [0.15, 0.2) is 6.10 Å². The van der Waals surface area contributed by atoms with Gasteiger partial charge >= 0.3 is 29.0 Å². The van der Waals surface area contributed by atoms with Crippen LogP contribution in [0.15, 0.2) is 11.1 Å². The van der Waals surface area contributed by atoms with Gasteiger partial charge in [0.1, 0.15) is 19.3 Å². The van der Waals surface area contributed by atoms with E-state index >= 15 is 0 Å². The fraction of sp³-hybridized carbons (Fsp3) is 0.583. The van der Waals surface area contributed by atoms with Crippen molar-refractivity contribution < 1.29 is 56.8 Å². The number of hydrogen-bond donors (Lipinski definition) is 3. The molecule has 0 bridgehead atoms. The smallest absolute Gasteiger partial charge is 0.405 e. The van der Waals surface area contributed by atoms with Gasteiger partial charge in [-0.25, -0.2) is 0 Å². The van der Waals surface area contributed by atoms with Gasteiger partial charge < -0.3 is 44.1 Å². The normalized spacial score (nSPS) is 26.9. The molecule has 3 rings (SSSR count). The third kappa shape index (κ3) is 4.63. The number of aliphatic hydroxyl groups is 1. The number of rotatable bonds is 7. The van der Waals surface area contributed by atoms with Crippen molar-refractivity contribution in [3.05, 3.63) is 16.7 Å². The lowest BCUT2D eigenvalue weighted by molar-refractivity contribution is -0.767. The minimum absolute atomic E-state index is 0.0519. The van der Waals surface area contributed by atoms with Crippen molar-refractivity contribution in [2.45, 2.75) is 24.5 Å². The summed E-state index contributed by atoms with van der Waals surface area (Å²) in [6, 6.07) is 0. The van der Waals surface area contributed by atoms with Gasteiger partial charge in [-0.1, -0.05) is 0 Å². The number of aliphatic hydroxyl groups excluding tert-OH is 1. The molecule has 1 aliphatic heterocycles. The maximum Gasteiger partial charge on any atom is 0.405 e. The first-order chi connectivity index (χ1) is 13.8. The van der Waals surface area contributed by atoms with Crippen LogP contribution >= 0.6 is 15.6 Å². The van der Waals surface area contributed by atoms with E-state index in [0.29, 0.717) is 0 Å². The molecule has 0 spiro atoms. The van der Waals surface area contributed by atoms with E-state index in [0.717, 1.165) is 0 Å². The number of nitrogens with two attached hydrogens (primary N) is 1. The van der Waals surface area contributed by atoms with Crippen molar-refractivity contribution in [2.75, 3.05) is 19.5 Å². The van der Waals surface area contributed by atoms with Gasteiger partial charge in [0.25, 0.3) is 14.1 Å². The number of aromatic nitrogens is 4. The van der Waals surface area contributed by atoms with Gasteiger partial charge in [0, 0.05) is 7.11 Å². The molecular weight excluding hydrogens is 452 g/mol. The van der Waals surface area contributed by atoms with E-state index in [4.69, 9.17) is 15.2 Å². The third-order valence-corrected chi connectivity index (χ3v) is 6.37. The Labute approximate surface area is 167 Å². The van der Waals surface area contributed by atoms with Gasteiger partial charge in [-0.05, 0) is 0 Å². The molecule has 16 nitrogen and oxygen atoms in total. The van der Waals surface area contributed by atoms with Crippen LogP contribution in [0, 0.1) is 0 Å². The Bertz CT molecular complexity index is 1100. The highest BCUT2D eigenvalue weighted by Gasteiger charge is 2.51. The predicted molar refractivity (Wildman–Crippen MR) is 87.7 cm³/mol. The molecule has 2 aromatic rings.